The summed E-state index contributed by atoms with van der Waals surface area (Å²) in [7, 11) is 1.69. The Balaban J connectivity index is 3.95. The van der Waals surface area contributed by atoms with Crippen LogP contribution in [0, 0.1) is 0 Å². The van der Waals surface area contributed by atoms with Crippen molar-refractivity contribution in [3.63, 3.8) is 0 Å². The van der Waals surface area contributed by atoms with Gasteiger partial charge in [-0.25, -0.2) is 4.79 Å². The van der Waals surface area contributed by atoms with E-state index in [1.807, 2.05) is 27.7 Å². The van der Waals surface area contributed by atoms with Crippen LogP contribution in [0.5, 0.6) is 0 Å². The van der Waals surface area contributed by atoms with Gasteiger partial charge in [0.2, 0.25) is 0 Å². The van der Waals surface area contributed by atoms with E-state index in [4.69, 9.17) is 16.3 Å². The molecular weight excluding hydrogens is 256 g/mol. The van der Waals surface area contributed by atoms with Gasteiger partial charge in [-0.3, -0.25) is 5.32 Å². The van der Waals surface area contributed by atoms with E-state index in [9.17, 15) is 9.90 Å². The highest BCUT2D eigenvalue weighted by atomic mass is 35.5. The lowest BCUT2D eigenvalue weighted by Gasteiger charge is -2.26. The molecule has 0 aromatic carbocycles. The Bertz CT molecular complexity index is 256. The first-order valence-corrected chi connectivity index (χ1v) is 6.63. The van der Waals surface area contributed by atoms with E-state index < -0.39 is 11.8 Å². The maximum absolute atomic E-state index is 11.7. The zero-order valence-electron chi connectivity index (χ0n) is 11.9. The van der Waals surface area contributed by atoms with Gasteiger partial charge in [0, 0.05) is 19.6 Å². The molecule has 0 saturated carbocycles. The predicted octanol–water partition coefficient (Wildman–Crippen LogP) is 1.78. The van der Waals surface area contributed by atoms with Crippen LogP contribution in [0.3, 0.4) is 0 Å². The molecule has 0 aromatic heterocycles. The van der Waals surface area contributed by atoms with Crippen LogP contribution in [0.1, 0.15) is 34.1 Å². The molecular formula is C12H25ClN2O3. The lowest BCUT2D eigenvalue weighted by Crippen LogP contribution is -2.41. The molecule has 18 heavy (non-hydrogen) atoms. The van der Waals surface area contributed by atoms with Crippen LogP contribution in [0.15, 0.2) is 0 Å². The van der Waals surface area contributed by atoms with E-state index in [0.717, 1.165) is 0 Å². The summed E-state index contributed by atoms with van der Waals surface area (Å²) in [4.78, 5) is 13.2. The van der Waals surface area contributed by atoms with Gasteiger partial charge >= 0.3 is 6.09 Å². The first-order valence-electron chi connectivity index (χ1n) is 6.10. The summed E-state index contributed by atoms with van der Waals surface area (Å²) in [6.07, 6.45) is -0.343. The normalized spacial score (nSPS) is 15.1. The zero-order chi connectivity index (χ0) is 14.3. The first-order chi connectivity index (χ1) is 8.15. The molecule has 0 rings (SSSR count). The first kappa shape index (κ1) is 17.5. The third kappa shape index (κ3) is 8.55. The molecule has 108 valence electrons. The molecule has 0 saturated heterocycles. The summed E-state index contributed by atoms with van der Waals surface area (Å²) in [6.45, 7) is 7.98. The van der Waals surface area contributed by atoms with E-state index in [0.29, 0.717) is 13.0 Å². The summed E-state index contributed by atoms with van der Waals surface area (Å²) in [5, 5.41) is 12.2. The van der Waals surface area contributed by atoms with E-state index in [1.165, 1.54) is 4.90 Å². The highest BCUT2D eigenvalue weighted by Crippen LogP contribution is 2.09. The van der Waals surface area contributed by atoms with E-state index in [2.05, 4.69) is 5.32 Å². The molecule has 0 heterocycles. The molecule has 0 radical (unpaired) electrons. The molecule has 5 nitrogen and oxygen atoms in total. The number of ether oxygens (including phenoxy) is 1. The minimum absolute atomic E-state index is 0.0728. The van der Waals surface area contributed by atoms with Crippen molar-refractivity contribution < 1.29 is 14.6 Å². The highest BCUT2D eigenvalue weighted by molar-refractivity contribution is 6.18. The number of aliphatic hydroxyl groups excluding tert-OH is 1. The smallest absolute Gasteiger partial charge is 0.410 e. The monoisotopic (exact) mass is 280 g/mol. The Kier molecular flexibility index (Phi) is 7.59. The molecule has 0 aromatic rings. The van der Waals surface area contributed by atoms with Crippen molar-refractivity contribution in [3.8, 4) is 0 Å². The molecule has 2 atom stereocenters. The van der Waals surface area contributed by atoms with Gasteiger partial charge in [0.15, 0.2) is 0 Å². The largest absolute Gasteiger partial charge is 0.444 e. The number of nitrogens with zero attached hydrogens (tertiary/aromatic N) is 1. The molecule has 1 amide bonds. The average Bonchev–Trinajstić information content (AvgIpc) is 2.23. The van der Waals surface area contributed by atoms with Gasteiger partial charge in [-0.1, -0.05) is 0 Å². The SMILES string of the molecule is CC(CCN(C)C(=O)OC(C)(C)C)NC(O)CCl. The van der Waals surface area contributed by atoms with Gasteiger partial charge in [0.25, 0.3) is 0 Å². The highest BCUT2D eigenvalue weighted by Gasteiger charge is 2.19. The van der Waals surface area contributed by atoms with Gasteiger partial charge in [-0.05, 0) is 34.1 Å². The molecule has 0 spiro atoms. The van der Waals surface area contributed by atoms with E-state index >= 15 is 0 Å². The Morgan fingerprint density at radius 1 is 1.50 bits per heavy atom. The number of hydrogen-bond acceptors (Lipinski definition) is 4. The second kappa shape index (κ2) is 7.81. The number of nitrogens with one attached hydrogen (secondary N) is 1. The predicted molar refractivity (Wildman–Crippen MR) is 72.8 cm³/mol. The fraction of sp³-hybridized carbons (Fsp3) is 0.917. The Labute approximate surface area is 114 Å². The van der Waals surface area contributed by atoms with Gasteiger partial charge < -0.3 is 14.7 Å². The van der Waals surface area contributed by atoms with Gasteiger partial charge in [0.05, 0.1) is 5.88 Å². The number of rotatable bonds is 6. The van der Waals surface area contributed by atoms with Crippen molar-refractivity contribution in [2.24, 2.45) is 0 Å². The van der Waals surface area contributed by atoms with Crippen molar-refractivity contribution in [2.45, 2.75) is 52.0 Å². The molecule has 0 fully saturated rings. The number of aliphatic hydroxyl groups is 1. The molecule has 0 aliphatic carbocycles. The number of alkyl halides is 1. The number of hydrogen-bond donors (Lipinski definition) is 2. The third-order valence-corrected chi connectivity index (χ3v) is 2.52. The van der Waals surface area contributed by atoms with E-state index in [-0.39, 0.29) is 18.0 Å². The second-order valence-electron chi connectivity index (χ2n) is 5.43. The maximum atomic E-state index is 11.7. The van der Waals surface area contributed by atoms with Crippen molar-refractivity contribution in [1.29, 1.82) is 0 Å². The Morgan fingerprint density at radius 3 is 2.50 bits per heavy atom. The number of carbonyl (C=O) groups is 1. The van der Waals surface area contributed by atoms with Crippen molar-refractivity contribution in [2.75, 3.05) is 19.5 Å². The second-order valence-corrected chi connectivity index (χ2v) is 5.74. The summed E-state index contributed by atoms with van der Waals surface area (Å²) in [5.74, 6) is 0.145. The van der Waals surface area contributed by atoms with E-state index in [1.54, 1.807) is 7.05 Å². The lowest BCUT2D eigenvalue weighted by atomic mass is 10.2. The number of halogens is 1. The summed E-state index contributed by atoms with van der Waals surface area (Å²) in [6, 6.07) is 0.0728. The lowest BCUT2D eigenvalue weighted by molar-refractivity contribution is 0.0291. The van der Waals surface area contributed by atoms with Gasteiger partial charge in [-0.2, -0.15) is 0 Å². The van der Waals surface area contributed by atoms with Crippen molar-refractivity contribution in [1.82, 2.24) is 10.2 Å². The zero-order valence-corrected chi connectivity index (χ0v) is 12.6. The summed E-state index contributed by atoms with van der Waals surface area (Å²) < 4.78 is 5.23. The number of carbonyl (C=O) groups excluding carboxylic acids is 1. The van der Waals surface area contributed by atoms with Crippen molar-refractivity contribution >= 4 is 17.7 Å². The van der Waals surface area contributed by atoms with Crippen LogP contribution in [-0.4, -0.2) is 53.4 Å². The quantitative estimate of drug-likeness (QED) is 0.575. The van der Waals surface area contributed by atoms with Crippen LogP contribution in [0.25, 0.3) is 0 Å². The molecule has 0 aliphatic rings. The molecule has 0 bridgehead atoms. The summed E-state index contributed by atoms with van der Waals surface area (Å²) in [5.41, 5.74) is -0.482. The maximum Gasteiger partial charge on any atom is 0.410 e. The fourth-order valence-electron chi connectivity index (χ4n) is 1.27. The van der Waals surface area contributed by atoms with Crippen molar-refractivity contribution in [3.05, 3.63) is 0 Å². The van der Waals surface area contributed by atoms with Gasteiger partial charge in [-0.15, -0.1) is 11.6 Å². The van der Waals surface area contributed by atoms with Crippen LogP contribution in [0.4, 0.5) is 4.79 Å². The molecule has 2 N–H and O–H groups in total. The van der Waals surface area contributed by atoms with Crippen LogP contribution >= 0.6 is 11.6 Å². The minimum Gasteiger partial charge on any atom is -0.444 e. The minimum atomic E-state index is -0.714. The Morgan fingerprint density at radius 2 is 2.06 bits per heavy atom. The average molecular weight is 281 g/mol. The molecule has 2 unspecified atom stereocenters. The van der Waals surface area contributed by atoms with Crippen LogP contribution in [0.2, 0.25) is 0 Å². The standard InChI is InChI=1S/C12H25ClN2O3/c1-9(14-10(16)8-13)6-7-15(5)11(17)18-12(2,3)4/h9-10,14,16H,6-8H2,1-5H3. The van der Waals surface area contributed by atoms with Gasteiger partial charge in [0.1, 0.15) is 11.8 Å². The number of amides is 1. The third-order valence-electron chi connectivity index (χ3n) is 2.23. The topological polar surface area (TPSA) is 61.8 Å². The molecule has 0 aliphatic heterocycles. The van der Waals surface area contributed by atoms with Crippen LogP contribution in [-0.2, 0) is 4.74 Å². The summed E-state index contributed by atoms with van der Waals surface area (Å²) >= 11 is 5.48. The fourth-order valence-corrected chi connectivity index (χ4v) is 1.36. The Hall–Kier alpha value is -0.520. The van der Waals surface area contributed by atoms with Crippen LogP contribution < -0.4 is 5.32 Å². The molecule has 6 heteroatoms.